The third kappa shape index (κ3) is 2.06. The average Bonchev–Trinajstić information content (AvgIpc) is 2.30. The van der Waals surface area contributed by atoms with E-state index in [0.29, 0.717) is 16.4 Å². The monoisotopic (exact) mass is 203 g/mol. The molecule has 0 atom stereocenters. The van der Waals surface area contributed by atoms with Crippen molar-refractivity contribution in [2.24, 2.45) is 0 Å². The number of aryl methyl sites for hydroxylation is 1. The molecule has 0 aromatic carbocycles. The zero-order chi connectivity index (χ0) is 9.14. The lowest BCUT2D eigenvalue weighted by Gasteiger charge is -1.95. The molecular formula is C8H10ClNOS. The van der Waals surface area contributed by atoms with Gasteiger partial charge >= 0.3 is 0 Å². The average molecular weight is 204 g/mol. The molecule has 1 rings (SSSR count). The quantitative estimate of drug-likeness (QED) is 0.763. The Labute approximate surface area is 80.5 Å². The summed E-state index contributed by atoms with van der Waals surface area (Å²) in [5.74, 6) is 0.0561. The fraction of sp³-hybridized carbons (Fsp3) is 0.375. The number of carbonyl (C=O) groups excluding carboxylic acids is 1. The molecule has 1 aromatic heterocycles. The van der Waals surface area contributed by atoms with Crippen molar-refractivity contribution in [1.82, 2.24) is 5.32 Å². The number of hydrogen-bond donors (Lipinski definition) is 1. The van der Waals surface area contributed by atoms with Gasteiger partial charge in [0.25, 0.3) is 0 Å². The van der Waals surface area contributed by atoms with Crippen molar-refractivity contribution in [3.63, 3.8) is 0 Å². The molecule has 0 saturated heterocycles. The number of halogens is 1. The van der Waals surface area contributed by atoms with Gasteiger partial charge in [-0.05, 0) is 20.0 Å². The number of carbonyl (C=O) groups is 1. The molecular weight excluding hydrogens is 194 g/mol. The Morgan fingerprint density at radius 2 is 2.42 bits per heavy atom. The third-order valence-electron chi connectivity index (χ3n) is 1.40. The first-order valence-corrected chi connectivity index (χ1v) is 4.78. The fourth-order valence-electron chi connectivity index (χ4n) is 0.914. The minimum Gasteiger partial charge on any atom is -0.313 e. The summed E-state index contributed by atoms with van der Waals surface area (Å²) in [5.41, 5.74) is 0. The van der Waals surface area contributed by atoms with Crippen LogP contribution in [0.2, 0.25) is 5.02 Å². The number of likely N-dealkylation sites (N-methyl/N-ethyl adjacent to an activating group) is 1. The summed E-state index contributed by atoms with van der Waals surface area (Å²) in [5, 5.41) is 3.37. The van der Waals surface area contributed by atoms with Gasteiger partial charge in [-0.15, -0.1) is 11.3 Å². The van der Waals surface area contributed by atoms with Gasteiger partial charge in [0.05, 0.1) is 16.4 Å². The molecule has 0 spiro atoms. The first-order valence-electron chi connectivity index (χ1n) is 3.59. The second-order valence-electron chi connectivity index (χ2n) is 2.49. The van der Waals surface area contributed by atoms with Crippen molar-refractivity contribution in [3.8, 4) is 0 Å². The molecule has 4 heteroatoms. The highest BCUT2D eigenvalue weighted by molar-refractivity contribution is 7.14. The molecule has 12 heavy (non-hydrogen) atoms. The fourth-order valence-corrected chi connectivity index (χ4v) is 2.20. The molecule has 0 aliphatic carbocycles. The van der Waals surface area contributed by atoms with E-state index < -0.39 is 0 Å². The predicted molar refractivity (Wildman–Crippen MR) is 52.3 cm³/mol. The Kier molecular flexibility index (Phi) is 3.26. The van der Waals surface area contributed by atoms with Crippen LogP contribution in [0.1, 0.15) is 14.5 Å². The molecule has 0 saturated carbocycles. The van der Waals surface area contributed by atoms with Crippen LogP contribution >= 0.6 is 22.9 Å². The number of Topliss-reactive ketones (excluding diaryl/α,β-unsaturated/α-hetero) is 1. The zero-order valence-electron chi connectivity index (χ0n) is 6.98. The summed E-state index contributed by atoms with van der Waals surface area (Å²) in [6.45, 7) is 2.28. The van der Waals surface area contributed by atoms with Gasteiger partial charge in [-0.25, -0.2) is 0 Å². The molecule has 0 aliphatic heterocycles. The van der Waals surface area contributed by atoms with Crippen LogP contribution in [-0.2, 0) is 0 Å². The van der Waals surface area contributed by atoms with E-state index in [2.05, 4.69) is 5.32 Å². The van der Waals surface area contributed by atoms with Gasteiger partial charge in [0.15, 0.2) is 5.78 Å². The lowest BCUT2D eigenvalue weighted by molar-refractivity contribution is 0.0997. The summed E-state index contributed by atoms with van der Waals surface area (Å²) < 4.78 is 0. The predicted octanol–water partition coefficient (Wildman–Crippen LogP) is 2.11. The molecule has 1 aromatic rings. The van der Waals surface area contributed by atoms with Crippen molar-refractivity contribution in [2.45, 2.75) is 6.92 Å². The van der Waals surface area contributed by atoms with E-state index in [1.165, 1.54) is 11.3 Å². The molecule has 0 radical (unpaired) electrons. The Bertz CT molecular complexity index is 295. The molecule has 0 unspecified atom stereocenters. The van der Waals surface area contributed by atoms with Crippen LogP contribution in [0.15, 0.2) is 6.07 Å². The highest BCUT2D eigenvalue weighted by atomic mass is 35.5. The van der Waals surface area contributed by atoms with Crippen LogP contribution in [0.3, 0.4) is 0 Å². The number of hydrogen-bond acceptors (Lipinski definition) is 3. The Balaban J connectivity index is 2.87. The van der Waals surface area contributed by atoms with Crippen LogP contribution in [0.4, 0.5) is 0 Å². The van der Waals surface area contributed by atoms with Crippen molar-refractivity contribution in [1.29, 1.82) is 0 Å². The van der Waals surface area contributed by atoms with Gasteiger partial charge in [-0.2, -0.15) is 0 Å². The van der Waals surface area contributed by atoms with E-state index in [4.69, 9.17) is 11.6 Å². The normalized spacial score (nSPS) is 10.2. The molecule has 0 fully saturated rings. The van der Waals surface area contributed by atoms with E-state index >= 15 is 0 Å². The molecule has 66 valence electrons. The Morgan fingerprint density at radius 1 is 1.75 bits per heavy atom. The lowest BCUT2D eigenvalue weighted by atomic mass is 10.3. The maximum atomic E-state index is 11.3. The highest BCUT2D eigenvalue weighted by Gasteiger charge is 2.12. The van der Waals surface area contributed by atoms with Crippen molar-refractivity contribution in [3.05, 3.63) is 20.8 Å². The van der Waals surface area contributed by atoms with Crippen molar-refractivity contribution < 1.29 is 4.79 Å². The SMILES string of the molecule is CNCC(=O)c1sc(C)cc1Cl. The summed E-state index contributed by atoms with van der Waals surface area (Å²) in [4.78, 5) is 13.1. The largest absolute Gasteiger partial charge is 0.313 e. The summed E-state index contributed by atoms with van der Waals surface area (Å²) >= 11 is 7.28. The minimum atomic E-state index is 0.0561. The van der Waals surface area contributed by atoms with Gasteiger partial charge < -0.3 is 5.32 Å². The topological polar surface area (TPSA) is 29.1 Å². The van der Waals surface area contributed by atoms with Gasteiger partial charge in [-0.3, -0.25) is 4.79 Å². The smallest absolute Gasteiger partial charge is 0.188 e. The van der Waals surface area contributed by atoms with E-state index in [1.807, 2.05) is 13.0 Å². The molecule has 0 aliphatic rings. The maximum absolute atomic E-state index is 11.3. The number of rotatable bonds is 3. The van der Waals surface area contributed by atoms with Crippen LogP contribution in [0, 0.1) is 6.92 Å². The maximum Gasteiger partial charge on any atom is 0.188 e. The molecule has 0 amide bonds. The second-order valence-corrected chi connectivity index (χ2v) is 4.15. The first kappa shape index (κ1) is 9.71. The standard InChI is InChI=1S/C8H10ClNOS/c1-5-3-6(9)8(12-5)7(11)4-10-2/h3,10H,4H2,1-2H3. The van der Waals surface area contributed by atoms with Crippen LogP contribution in [0.25, 0.3) is 0 Å². The summed E-state index contributed by atoms with van der Waals surface area (Å²) in [6, 6.07) is 1.81. The van der Waals surface area contributed by atoms with E-state index in [-0.39, 0.29) is 5.78 Å². The lowest BCUT2D eigenvalue weighted by Crippen LogP contribution is -2.17. The van der Waals surface area contributed by atoms with Gasteiger partial charge in [0.1, 0.15) is 0 Å². The summed E-state index contributed by atoms with van der Waals surface area (Å²) in [7, 11) is 1.74. The Morgan fingerprint density at radius 3 is 2.83 bits per heavy atom. The highest BCUT2D eigenvalue weighted by Crippen LogP contribution is 2.26. The number of thiophene rings is 1. The van der Waals surface area contributed by atoms with Gasteiger partial charge in [0.2, 0.25) is 0 Å². The first-order chi connectivity index (χ1) is 5.65. The van der Waals surface area contributed by atoms with Crippen molar-refractivity contribution in [2.75, 3.05) is 13.6 Å². The Hall–Kier alpha value is -0.380. The zero-order valence-corrected chi connectivity index (χ0v) is 8.55. The molecule has 1 heterocycles. The number of ketones is 1. The van der Waals surface area contributed by atoms with E-state index in [9.17, 15) is 4.79 Å². The van der Waals surface area contributed by atoms with Gasteiger partial charge in [-0.1, -0.05) is 11.6 Å². The van der Waals surface area contributed by atoms with Crippen LogP contribution < -0.4 is 5.32 Å². The van der Waals surface area contributed by atoms with E-state index in [0.717, 1.165) is 4.88 Å². The molecule has 2 nitrogen and oxygen atoms in total. The molecule has 1 N–H and O–H groups in total. The minimum absolute atomic E-state index is 0.0561. The van der Waals surface area contributed by atoms with Crippen LogP contribution in [0.5, 0.6) is 0 Å². The second kappa shape index (κ2) is 4.03. The van der Waals surface area contributed by atoms with Crippen molar-refractivity contribution >= 4 is 28.7 Å². The van der Waals surface area contributed by atoms with Gasteiger partial charge in [0, 0.05) is 4.88 Å². The van der Waals surface area contributed by atoms with Crippen LogP contribution in [-0.4, -0.2) is 19.4 Å². The van der Waals surface area contributed by atoms with E-state index in [1.54, 1.807) is 7.05 Å². The number of nitrogens with one attached hydrogen (secondary N) is 1. The summed E-state index contributed by atoms with van der Waals surface area (Å²) in [6.07, 6.45) is 0. The molecule has 0 bridgehead atoms. The third-order valence-corrected chi connectivity index (χ3v) is 2.90.